The van der Waals surface area contributed by atoms with Crippen molar-refractivity contribution in [2.75, 3.05) is 37.7 Å². The second-order valence-corrected chi connectivity index (χ2v) is 7.61. The molecular weight excluding hydrogens is 252 g/mol. The molecule has 1 aliphatic heterocycles. The first-order valence-electron chi connectivity index (χ1n) is 6.66. The number of β-amino-alcohol motifs (C(OH)–C–C–N with tert-alkyl or cyclic N) is 1. The van der Waals surface area contributed by atoms with Crippen LogP contribution < -0.4 is 5.32 Å². The van der Waals surface area contributed by atoms with E-state index in [1.54, 1.807) is 0 Å². The van der Waals surface area contributed by atoms with Gasteiger partial charge in [-0.3, -0.25) is 0 Å². The molecule has 1 aliphatic rings. The van der Waals surface area contributed by atoms with E-state index in [0.717, 1.165) is 13.1 Å². The Balaban J connectivity index is 2.37. The standard InChI is InChI=1S/C12H26N2O3S/c1-4-14(5-2)9-11(15)8-13-12(3)6-7-18(16,17)10-12/h11,13,15H,4-10H2,1-3H3. The molecule has 2 unspecified atom stereocenters. The van der Waals surface area contributed by atoms with Gasteiger partial charge in [-0.25, -0.2) is 8.42 Å². The maximum Gasteiger partial charge on any atom is 0.152 e. The van der Waals surface area contributed by atoms with E-state index in [2.05, 4.69) is 24.1 Å². The third kappa shape index (κ3) is 4.84. The zero-order valence-electron chi connectivity index (χ0n) is 11.6. The van der Waals surface area contributed by atoms with Crippen molar-refractivity contribution in [1.29, 1.82) is 0 Å². The van der Waals surface area contributed by atoms with Crippen LogP contribution in [0.4, 0.5) is 0 Å². The maximum atomic E-state index is 11.5. The fourth-order valence-electron chi connectivity index (χ4n) is 2.36. The molecule has 1 saturated heterocycles. The molecule has 108 valence electrons. The van der Waals surface area contributed by atoms with Crippen molar-refractivity contribution >= 4 is 9.84 Å². The Bertz CT molecular complexity index is 354. The second kappa shape index (κ2) is 6.32. The van der Waals surface area contributed by atoms with Crippen LogP contribution in [0, 0.1) is 0 Å². The molecule has 0 aliphatic carbocycles. The van der Waals surface area contributed by atoms with Crippen LogP contribution in [-0.2, 0) is 9.84 Å². The Morgan fingerprint density at radius 3 is 2.44 bits per heavy atom. The van der Waals surface area contributed by atoms with Gasteiger partial charge >= 0.3 is 0 Å². The van der Waals surface area contributed by atoms with Gasteiger partial charge in [-0.2, -0.15) is 0 Å². The Labute approximate surface area is 110 Å². The fraction of sp³-hybridized carbons (Fsp3) is 1.00. The van der Waals surface area contributed by atoms with Gasteiger partial charge in [0.15, 0.2) is 9.84 Å². The van der Waals surface area contributed by atoms with Gasteiger partial charge in [-0.1, -0.05) is 13.8 Å². The average Bonchev–Trinajstić information content (AvgIpc) is 2.58. The third-order valence-electron chi connectivity index (χ3n) is 3.63. The van der Waals surface area contributed by atoms with Crippen LogP contribution in [0.25, 0.3) is 0 Å². The quantitative estimate of drug-likeness (QED) is 0.678. The molecule has 1 fully saturated rings. The summed E-state index contributed by atoms with van der Waals surface area (Å²) in [5.74, 6) is 0.431. The summed E-state index contributed by atoms with van der Waals surface area (Å²) in [6.45, 7) is 8.95. The summed E-state index contributed by atoms with van der Waals surface area (Å²) < 4.78 is 22.9. The van der Waals surface area contributed by atoms with Crippen molar-refractivity contribution < 1.29 is 13.5 Å². The van der Waals surface area contributed by atoms with Crippen LogP contribution >= 0.6 is 0 Å². The van der Waals surface area contributed by atoms with Crippen molar-refractivity contribution in [2.45, 2.75) is 38.8 Å². The summed E-state index contributed by atoms with van der Waals surface area (Å²) in [5.41, 5.74) is -0.372. The highest BCUT2D eigenvalue weighted by Crippen LogP contribution is 2.22. The molecule has 18 heavy (non-hydrogen) atoms. The van der Waals surface area contributed by atoms with E-state index in [1.807, 2.05) is 6.92 Å². The summed E-state index contributed by atoms with van der Waals surface area (Å²) in [6.07, 6.45) is 0.179. The van der Waals surface area contributed by atoms with Crippen molar-refractivity contribution in [2.24, 2.45) is 0 Å². The van der Waals surface area contributed by atoms with E-state index in [1.165, 1.54) is 0 Å². The number of aliphatic hydroxyl groups is 1. The Morgan fingerprint density at radius 1 is 1.39 bits per heavy atom. The second-order valence-electron chi connectivity index (χ2n) is 5.42. The Kier molecular flexibility index (Phi) is 5.58. The number of sulfone groups is 1. The van der Waals surface area contributed by atoms with E-state index in [4.69, 9.17) is 0 Å². The Morgan fingerprint density at radius 2 is 2.00 bits per heavy atom. The highest BCUT2D eigenvalue weighted by Gasteiger charge is 2.38. The van der Waals surface area contributed by atoms with E-state index in [-0.39, 0.29) is 17.0 Å². The topological polar surface area (TPSA) is 69.6 Å². The summed E-state index contributed by atoms with van der Waals surface area (Å²) in [6, 6.07) is 0. The van der Waals surface area contributed by atoms with Gasteiger partial charge in [-0.05, 0) is 26.4 Å². The van der Waals surface area contributed by atoms with E-state index < -0.39 is 15.9 Å². The number of likely N-dealkylation sites (N-methyl/N-ethyl adjacent to an activating group) is 1. The number of nitrogens with one attached hydrogen (secondary N) is 1. The maximum absolute atomic E-state index is 11.5. The first-order chi connectivity index (χ1) is 8.30. The largest absolute Gasteiger partial charge is 0.390 e. The predicted octanol–water partition coefficient (Wildman–Crippen LogP) is -0.144. The van der Waals surface area contributed by atoms with Crippen LogP contribution in [-0.4, -0.2) is 67.8 Å². The van der Waals surface area contributed by atoms with Gasteiger partial charge < -0.3 is 15.3 Å². The summed E-state index contributed by atoms with van der Waals surface area (Å²) >= 11 is 0. The van der Waals surface area contributed by atoms with Crippen LogP contribution in [0.5, 0.6) is 0 Å². The van der Waals surface area contributed by atoms with Gasteiger partial charge in [-0.15, -0.1) is 0 Å². The molecule has 0 aromatic heterocycles. The van der Waals surface area contributed by atoms with Crippen molar-refractivity contribution in [1.82, 2.24) is 10.2 Å². The molecular formula is C12H26N2O3S. The molecule has 0 saturated carbocycles. The van der Waals surface area contributed by atoms with Crippen LogP contribution in [0.15, 0.2) is 0 Å². The molecule has 2 N–H and O–H groups in total. The number of aliphatic hydroxyl groups excluding tert-OH is 1. The van der Waals surface area contributed by atoms with E-state index in [9.17, 15) is 13.5 Å². The zero-order valence-corrected chi connectivity index (χ0v) is 12.5. The summed E-state index contributed by atoms with van der Waals surface area (Å²) in [7, 11) is -2.89. The molecule has 2 atom stereocenters. The lowest BCUT2D eigenvalue weighted by atomic mass is 10.0. The predicted molar refractivity (Wildman–Crippen MR) is 73.5 cm³/mol. The molecule has 0 bridgehead atoms. The molecule has 5 nitrogen and oxygen atoms in total. The van der Waals surface area contributed by atoms with E-state index >= 15 is 0 Å². The number of hydrogen-bond acceptors (Lipinski definition) is 5. The molecule has 0 aromatic carbocycles. The lowest BCUT2D eigenvalue weighted by molar-refractivity contribution is 0.109. The van der Waals surface area contributed by atoms with Crippen molar-refractivity contribution in [3.8, 4) is 0 Å². The number of hydrogen-bond donors (Lipinski definition) is 2. The third-order valence-corrected chi connectivity index (χ3v) is 5.53. The van der Waals surface area contributed by atoms with Crippen molar-refractivity contribution in [3.63, 3.8) is 0 Å². The number of nitrogens with zero attached hydrogens (tertiary/aromatic N) is 1. The SMILES string of the molecule is CCN(CC)CC(O)CNC1(C)CCS(=O)(=O)C1. The average molecular weight is 278 g/mol. The molecule has 0 radical (unpaired) electrons. The van der Waals surface area contributed by atoms with Gasteiger partial charge in [0, 0.05) is 18.6 Å². The lowest BCUT2D eigenvalue weighted by Crippen LogP contribution is -2.48. The van der Waals surface area contributed by atoms with Crippen LogP contribution in [0.2, 0.25) is 0 Å². The first kappa shape index (κ1) is 15.9. The summed E-state index contributed by atoms with van der Waals surface area (Å²) in [5, 5.41) is 13.1. The highest BCUT2D eigenvalue weighted by molar-refractivity contribution is 7.91. The van der Waals surface area contributed by atoms with Gasteiger partial charge in [0.2, 0.25) is 0 Å². The van der Waals surface area contributed by atoms with E-state index in [0.29, 0.717) is 19.5 Å². The highest BCUT2D eigenvalue weighted by atomic mass is 32.2. The normalized spacial score (nSPS) is 28.7. The molecule has 0 aromatic rings. The zero-order chi connectivity index (χ0) is 13.8. The van der Waals surface area contributed by atoms with Gasteiger partial charge in [0.1, 0.15) is 0 Å². The molecule has 0 amide bonds. The number of rotatable bonds is 7. The molecule has 0 spiro atoms. The fourth-order valence-corrected chi connectivity index (χ4v) is 4.48. The minimum Gasteiger partial charge on any atom is -0.390 e. The minimum atomic E-state index is -2.89. The molecule has 6 heteroatoms. The lowest BCUT2D eigenvalue weighted by Gasteiger charge is -2.28. The van der Waals surface area contributed by atoms with Gasteiger partial charge in [0.05, 0.1) is 17.6 Å². The van der Waals surface area contributed by atoms with Crippen LogP contribution in [0.1, 0.15) is 27.2 Å². The van der Waals surface area contributed by atoms with Crippen molar-refractivity contribution in [3.05, 3.63) is 0 Å². The Hall–Kier alpha value is -0.170. The molecule has 1 heterocycles. The smallest absolute Gasteiger partial charge is 0.152 e. The first-order valence-corrected chi connectivity index (χ1v) is 8.48. The van der Waals surface area contributed by atoms with Crippen LogP contribution in [0.3, 0.4) is 0 Å². The minimum absolute atomic E-state index is 0.179. The van der Waals surface area contributed by atoms with Gasteiger partial charge in [0.25, 0.3) is 0 Å². The monoisotopic (exact) mass is 278 g/mol. The molecule has 1 rings (SSSR count). The summed E-state index contributed by atoms with van der Waals surface area (Å²) in [4.78, 5) is 2.15.